The fourth-order valence-corrected chi connectivity index (χ4v) is 2.76. The largest absolute Gasteiger partial charge is 0.485 e. The maximum absolute atomic E-state index is 12.5. The van der Waals surface area contributed by atoms with Crippen molar-refractivity contribution in [3.8, 4) is 5.75 Å². The molecule has 0 spiro atoms. The number of ether oxygens (including phenoxy) is 1. The number of rotatable bonds is 4. The molecule has 3 heterocycles. The fraction of sp³-hybridized carbons (Fsp3) is 0.353. The Hall–Kier alpha value is -2.83. The van der Waals surface area contributed by atoms with Crippen LogP contribution in [0.5, 0.6) is 5.75 Å². The number of carbonyl (C=O) groups excluding carboxylic acids is 1. The molecule has 1 amide bonds. The first kappa shape index (κ1) is 16.0. The molecule has 1 aliphatic heterocycles. The van der Waals surface area contributed by atoms with E-state index in [1.165, 1.54) is 6.20 Å². The highest BCUT2D eigenvalue weighted by molar-refractivity contribution is 5.94. The Balaban J connectivity index is 1.69. The zero-order chi connectivity index (χ0) is 17.1. The van der Waals surface area contributed by atoms with Gasteiger partial charge in [0.1, 0.15) is 11.7 Å². The van der Waals surface area contributed by atoms with E-state index in [4.69, 9.17) is 4.74 Å². The number of anilines is 1. The summed E-state index contributed by atoms with van der Waals surface area (Å²) >= 11 is 0. The van der Waals surface area contributed by atoms with E-state index >= 15 is 0 Å². The fourth-order valence-electron chi connectivity index (χ4n) is 2.76. The number of nitrogens with zero attached hydrogens (tertiary/aromatic N) is 3. The molecule has 0 radical (unpaired) electrons. The second kappa shape index (κ2) is 6.74. The van der Waals surface area contributed by atoms with Gasteiger partial charge in [0.2, 0.25) is 0 Å². The summed E-state index contributed by atoms with van der Waals surface area (Å²) in [6.45, 7) is 1.02. The number of amides is 1. The zero-order valence-electron chi connectivity index (χ0n) is 13.7. The van der Waals surface area contributed by atoms with E-state index < -0.39 is 0 Å². The van der Waals surface area contributed by atoms with Crippen LogP contribution >= 0.6 is 0 Å². The van der Waals surface area contributed by atoms with Crippen LogP contribution in [-0.4, -0.2) is 54.1 Å². The molecule has 0 aliphatic carbocycles. The molecule has 0 unspecified atom stereocenters. The summed E-state index contributed by atoms with van der Waals surface area (Å²) in [6.07, 6.45) is 3.84. The molecule has 1 aliphatic rings. The minimum Gasteiger partial charge on any atom is -0.485 e. The first-order chi connectivity index (χ1) is 11.6. The topological polar surface area (TPSA) is 78.5 Å². The SMILES string of the molecule is CN(C)c1ncccc1O[C@@H]1CCN(C(=O)c2ccc[nH]c2=O)C1. The van der Waals surface area contributed by atoms with Crippen molar-refractivity contribution in [2.45, 2.75) is 12.5 Å². The lowest BCUT2D eigenvalue weighted by molar-refractivity contribution is 0.0770. The van der Waals surface area contributed by atoms with E-state index in [9.17, 15) is 9.59 Å². The van der Waals surface area contributed by atoms with Crippen molar-refractivity contribution in [1.82, 2.24) is 14.9 Å². The Morgan fingerprint density at radius 3 is 2.96 bits per heavy atom. The Bertz CT molecular complexity index is 787. The molecule has 2 aromatic rings. The molecular weight excluding hydrogens is 308 g/mol. The molecule has 7 heteroatoms. The molecule has 0 saturated carbocycles. The summed E-state index contributed by atoms with van der Waals surface area (Å²) in [6, 6.07) is 6.89. The van der Waals surface area contributed by atoms with Gasteiger partial charge in [-0.05, 0) is 24.3 Å². The lowest BCUT2D eigenvalue weighted by atomic mass is 10.2. The Labute approximate surface area is 139 Å². The number of carbonyl (C=O) groups is 1. The molecule has 3 rings (SSSR count). The monoisotopic (exact) mass is 328 g/mol. The number of pyridine rings is 2. The number of hydrogen-bond donors (Lipinski definition) is 1. The first-order valence-corrected chi connectivity index (χ1v) is 7.82. The number of aromatic amines is 1. The predicted molar refractivity (Wildman–Crippen MR) is 90.6 cm³/mol. The van der Waals surface area contributed by atoms with Crippen LogP contribution in [0.2, 0.25) is 0 Å². The maximum atomic E-state index is 12.5. The highest BCUT2D eigenvalue weighted by atomic mass is 16.5. The average molecular weight is 328 g/mol. The van der Waals surface area contributed by atoms with Gasteiger partial charge in [-0.3, -0.25) is 9.59 Å². The molecule has 1 N–H and O–H groups in total. The number of aromatic nitrogens is 2. The van der Waals surface area contributed by atoms with E-state index in [2.05, 4.69) is 9.97 Å². The van der Waals surface area contributed by atoms with Crippen LogP contribution < -0.4 is 15.2 Å². The summed E-state index contributed by atoms with van der Waals surface area (Å²) in [5, 5.41) is 0. The van der Waals surface area contributed by atoms with Crippen molar-refractivity contribution in [2.75, 3.05) is 32.1 Å². The van der Waals surface area contributed by atoms with Crippen molar-refractivity contribution in [1.29, 1.82) is 0 Å². The molecule has 1 atom stereocenters. The van der Waals surface area contributed by atoms with E-state index in [1.807, 2.05) is 31.1 Å². The van der Waals surface area contributed by atoms with E-state index in [1.54, 1.807) is 23.2 Å². The molecule has 24 heavy (non-hydrogen) atoms. The highest BCUT2D eigenvalue weighted by Gasteiger charge is 2.30. The molecule has 0 bridgehead atoms. The van der Waals surface area contributed by atoms with Gasteiger partial charge in [0.15, 0.2) is 11.6 Å². The minimum absolute atomic E-state index is 0.111. The Morgan fingerprint density at radius 1 is 1.38 bits per heavy atom. The van der Waals surface area contributed by atoms with Gasteiger partial charge >= 0.3 is 0 Å². The van der Waals surface area contributed by atoms with Gasteiger partial charge in [-0.2, -0.15) is 0 Å². The summed E-state index contributed by atoms with van der Waals surface area (Å²) < 4.78 is 6.03. The summed E-state index contributed by atoms with van der Waals surface area (Å²) in [7, 11) is 3.81. The third-order valence-corrected chi connectivity index (χ3v) is 3.95. The van der Waals surface area contributed by atoms with Crippen LogP contribution in [0, 0.1) is 0 Å². The molecule has 0 aromatic carbocycles. The van der Waals surface area contributed by atoms with Gasteiger partial charge in [-0.1, -0.05) is 0 Å². The highest BCUT2D eigenvalue weighted by Crippen LogP contribution is 2.26. The molecule has 2 aromatic heterocycles. The second-order valence-electron chi connectivity index (χ2n) is 5.91. The summed E-state index contributed by atoms with van der Waals surface area (Å²) in [5.74, 6) is 1.18. The predicted octanol–water partition coefficient (Wildman–Crippen LogP) is 1.13. The second-order valence-corrected chi connectivity index (χ2v) is 5.91. The van der Waals surface area contributed by atoms with Crippen molar-refractivity contribution in [3.63, 3.8) is 0 Å². The van der Waals surface area contributed by atoms with Crippen LogP contribution in [0.3, 0.4) is 0 Å². The van der Waals surface area contributed by atoms with Gasteiger partial charge in [0, 0.05) is 39.5 Å². The summed E-state index contributed by atoms with van der Waals surface area (Å²) in [4.78, 5) is 34.6. The van der Waals surface area contributed by atoms with Crippen LogP contribution in [0.15, 0.2) is 41.5 Å². The third kappa shape index (κ3) is 3.24. The maximum Gasteiger partial charge on any atom is 0.260 e. The smallest absolute Gasteiger partial charge is 0.260 e. The van der Waals surface area contributed by atoms with Gasteiger partial charge in [-0.15, -0.1) is 0 Å². The van der Waals surface area contributed by atoms with Crippen LogP contribution in [0.1, 0.15) is 16.8 Å². The Kier molecular flexibility index (Phi) is 4.50. The summed E-state index contributed by atoms with van der Waals surface area (Å²) in [5.41, 5.74) is -0.206. The van der Waals surface area contributed by atoms with Crippen LogP contribution in [0.4, 0.5) is 5.82 Å². The normalized spacial score (nSPS) is 16.9. The van der Waals surface area contributed by atoms with Crippen molar-refractivity contribution in [2.24, 2.45) is 0 Å². The number of hydrogen-bond acceptors (Lipinski definition) is 5. The molecule has 1 fully saturated rings. The van der Waals surface area contributed by atoms with Crippen molar-refractivity contribution >= 4 is 11.7 Å². The minimum atomic E-state index is -0.367. The average Bonchev–Trinajstić information content (AvgIpc) is 3.03. The van der Waals surface area contributed by atoms with Crippen LogP contribution in [0.25, 0.3) is 0 Å². The van der Waals surface area contributed by atoms with Gasteiger partial charge in [-0.25, -0.2) is 4.98 Å². The number of H-pyrrole nitrogens is 1. The van der Waals surface area contributed by atoms with Gasteiger partial charge in [0.05, 0.1) is 6.54 Å². The zero-order valence-corrected chi connectivity index (χ0v) is 13.7. The van der Waals surface area contributed by atoms with Gasteiger partial charge < -0.3 is 19.5 Å². The quantitative estimate of drug-likeness (QED) is 0.910. The molecule has 7 nitrogen and oxygen atoms in total. The number of nitrogens with one attached hydrogen (secondary N) is 1. The third-order valence-electron chi connectivity index (χ3n) is 3.95. The van der Waals surface area contributed by atoms with E-state index in [0.29, 0.717) is 18.8 Å². The van der Waals surface area contributed by atoms with Crippen LogP contribution in [-0.2, 0) is 0 Å². The van der Waals surface area contributed by atoms with Crippen molar-refractivity contribution < 1.29 is 9.53 Å². The number of likely N-dealkylation sites (tertiary alicyclic amines) is 1. The van der Waals surface area contributed by atoms with E-state index in [0.717, 1.165) is 12.2 Å². The Morgan fingerprint density at radius 2 is 2.21 bits per heavy atom. The van der Waals surface area contributed by atoms with E-state index in [-0.39, 0.29) is 23.1 Å². The van der Waals surface area contributed by atoms with Crippen molar-refractivity contribution in [3.05, 3.63) is 52.6 Å². The standard InChI is InChI=1S/C17H20N4O3/c1-20(2)15-14(6-4-8-18-15)24-12-7-10-21(11-12)17(23)13-5-3-9-19-16(13)22/h3-6,8-9,12H,7,10-11H2,1-2H3,(H,19,22)/t12-/m1/s1. The molecule has 1 saturated heterocycles. The lowest BCUT2D eigenvalue weighted by Crippen LogP contribution is -2.34. The molecular formula is C17H20N4O3. The molecule has 126 valence electrons. The van der Waals surface area contributed by atoms with Gasteiger partial charge in [0.25, 0.3) is 11.5 Å². The first-order valence-electron chi connectivity index (χ1n) is 7.82. The lowest BCUT2D eigenvalue weighted by Gasteiger charge is -2.20.